The lowest BCUT2D eigenvalue weighted by atomic mass is 10.1. The standard InChI is InChI=1S/C16H16F2N2O/c1-2-19-16(21)12-4-3-5-13(9-12)20-10-11-6-7-14(17)15(18)8-11/h3-9,20H,2,10H2,1H3,(H,19,21). The highest BCUT2D eigenvalue weighted by atomic mass is 19.2. The number of amides is 1. The summed E-state index contributed by atoms with van der Waals surface area (Å²) in [7, 11) is 0. The van der Waals surface area contributed by atoms with Crippen molar-refractivity contribution < 1.29 is 13.6 Å². The van der Waals surface area contributed by atoms with E-state index in [1.54, 1.807) is 18.2 Å². The molecule has 0 unspecified atom stereocenters. The molecule has 110 valence electrons. The van der Waals surface area contributed by atoms with Gasteiger partial charge in [-0.1, -0.05) is 12.1 Å². The predicted molar refractivity (Wildman–Crippen MR) is 78.1 cm³/mol. The predicted octanol–water partition coefficient (Wildman–Crippen LogP) is 3.33. The fraction of sp³-hybridized carbons (Fsp3) is 0.188. The first-order chi connectivity index (χ1) is 10.1. The summed E-state index contributed by atoms with van der Waals surface area (Å²) in [5.41, 5.74) is 1.91. The molecule has 0 aliphatic rings. The second kappa shape index (κ2) is 6.83. The average molecular weight is 290 g/mol. The highest BCUT2D eigenvalue weighted by Crippen LogP contribution is 2.14. The van der Waals surface area contributed by atoms with Crippen molar-refractivity contribution in [2.45, 2.75) is 13.5 Å². The Bertz CT molecular complexity index is 644. The summed E-state index contributed by atoms with van der Waals surface area (Å²) in [6.45, 7) is 2.75. The summed E-state index contributed by atoms with van der Waals surface area (Å²) in [5.74, 6) is -1.88. The van der Waals surface area contributed by atoms with Gasteiger partial charge in [0.15, 0.2) is 11.6 Å². The van der Waals surface area contributed by atoms with E-state index in [1.165, 1.54) is 6.07 Å². The molecule has 3 nitrogen and oxygen atoms in total. The molecule has 0 bridgehead atoms. The van der Waals surface area contributed by atoms with Crippen LogP contribution < -0.4 is 10.6 Å². The molecular formula is C16H16F2N2O. The summed E-state index contributed by atoms with van der Waals surface area (Å²) in [6.07, 6.45) is 0. The van der Waals surface area contributed by atoms with Crippen LogP contribution in [0.2, 0.25) is 0 Å². The Hall–Kier alpha value is -2.43. The van der Waals surface area contributed by atoms with Crippen LogP contribution in [0.5, 0.6) is 0 Å². The number of hydrogen-bond donors (Lipinski definition) is 2. The Morgan fingerprint density at radius 3 is 2.62 bits per heavy atom. The zero-order valence-corrected chi connectivity index (χ0v) is 11.6. The summed E-state index contributed by atoms with van der Waals surface area (Å²) < 4.78 is 25.9. The maximum absolute atomic E-state index is 13.1. The van der Waals surface area contributed by atoms with Gasteiger partial charge >= 0.3 is 0 Å². The van der Waals surface area contributed by atoms with Crippen LogP contribution in [0, 0.1) is 11.6 Å². The second-order valence-corrected chi connectivity index (χ2v) is 4.54. The molecule has 0 saturated carbocycles. The van der Waals surface area contributed by atoms with Crippen molar-refractivity contribution in [1.29, 1.82) is 0 Å². The molecule has 2 N–H and O–H groups in total. The summed E-state index contributed by atoms with van der Waals surface area (Å²) >= 11 is 0. The van der Waals surface area contributed by atoms with Crippen LogP contribution in [0.3, 0.4) is 0 Å². The van der Waals surface area contributed by atoms with E-state index in [0.29, 0.717) is 24.2 Å². The lowest BCUT2D eigenvalue weighted by molar-refractivity contribution is 0.0956. The smallest absolute Gasteiger partial charge is 0.251 e. The minimum Gasteiger partial charge on any atom is -0.381 e. The molecule has 0 aromatic heterocycles. The lowest BCUT2D eigenvalue weighted by Crippen LogP contribution is -2.22. The lowest BCUT2D eigenvalue weighted by Gasteiger charge is -2.09. The van der Waals surface area contributed by atoms with Crippen LogP contribution in [0.25, 0.3) is 0 Å². The number of carbonyl (C=O) groups excluding carboxylic acids is 1. The van der Waals surface area contributed by atoms with E-state index in [9.17, 15) is 13.6 Å². The number of carbonyl (C=O) groups is 1. The highest BCUT2D eigenvalue weighted by molar-refractivity contribution is 5.95. The molecule has 0 aliphatic carbocycles. The molecule has 5 heteroatoms. The fourth-order valence-electron chi connectivity index (χ4n) is 1.89. The maximum Gasteiger partial charge on any atom is 0.251 e. The Morgan fingerprint density at radius 2 is 1.90 bits per heavy atom. The summed E-state index contributed by atoms with van der Waals surface area (Å²) in [6, 6.07) is 10.8. The van der Waals surface area contributed by atoms with Crippen molar-refractivity contribution >= 4 is 11.6 Å². The van der Waals surface area contributed by atoms with E-state index in [2.05, 4.69) is 10.6 Å². The monoisotopic (exact) mass is 290 g/mol. The topological polar surface area (TPSA) is 41.1 Å². The van der Waals surface area contributed by atoms with Crippen molar-refractivity contribution in [2.75, 3.05) is 11.9 Å². The quantitative estimate of drug-likeness (QED) is 0.887. The van der Waals surface area contributed by atoms with Crippen molar-refractivity contribution in [2.24, 2.45) is 0 Å². The normalized spacial score (nSPS) is 10.2. The minimum atomic E-state index is -0.870. The molecule has 21 heavy (non-hydrogen) atoms. The van der Waals surface area contributed by atoms with E-state index in [-0.39, 0.29) is 5.91 Å². The Morgan fingerprint density at radius 1 is 1.10 bits per heavy atom. The van der Waals surface area contributed by atoms with E-state index >= 15 is 0 Å². The third-order valence-corrected chi connectivity index (χ3v) is 2.94. The van der Waals surface area contributed by atoms with Gasteiger partial charge in [0.05, 0.1) is 0 Å². The molecule has 0 atom stereocenters. The minimum absolute atomic E-state index is 0.144. The summed E-state index contributed by atoms with van der Waals surface area (Å²) in [5, 5.41) is 5.79. The second-order valence-electron chi connectivity index (χ2n) is 4.54. The van der Waals surface area contributed by atoms with Gasteiger partial charge in [0, 0.05) is 24.3 Å². The highest BCUT2D eigenvalue weighted by Gasteiger charge is 2.05. The third kappa shape index (κ3) is 4.02. The van der Waals surface area contributed by atoms with Gasteiger partial charge in [-0.05, 0) is 42.8 Å². The molecule has 2 aromatic rings. The zero-order chi connectivity index (χ0) is 15.2. The van der Waals surface area contributed by atoms with Gasteiger partial charge < -0.3 is 10.6 Å². The number of hydrogen-bond acceptors (Lipinski definition) is 2. The molecular weight excluding hydrogens is 274 g/mol. The molecule has 2 rings (SSSR count). The maximum atomic E-state index is 13.1. The van der Waals surface area contributed by atoms with Gasteiger partial charge in [-0.15, -0.1) is 0 Å². The van der Waals surface area contributed by atoms with Gasteiger partial charge in [-0.2, -0.15) is 0 Å². The first-order valence-corrected chi connectivity index (χ1v) is 6.66. The van der Waals surface area contributed by atoms with Gasteiger partial charge in [0.1, 0.15) is 0 Å². The van der Waals surface area contributed by atoms with E-state index < -0.39 is 11.6 Å². The molecule has 0 fully saturated rings. The molecule has 0 aliphatic heterocycles. The van der Waals surface area contributed by atoms with Crippen LogP contribution in [-0.2, 0) is 6.54 Å². The van der Waals surface area contributed by atoms with Gasteiger partial charge in [-0.25, -0.2) is 8.78 Å². The largest absolute Gasteiger partial charge is 0.381 e. The average Bonchev–Trinajstić information content (AvgIpc) is 2.49. The van der Waals surface area contributed by atoms with E-state index in [0.717, 1.165) is 17.8 Å². The molecule has 0 heterocycles. The first kappa shape index (κ1) is 15.0. The van der Waals surface area contributed by atoms with Gasteiger partial charge in [0.25, 0.3) is 5.91 Å². The van der Waals surface area contributed by atoms with Crippen molar-refractivity contribution in [3.05, 3.63) is 65.2 Å². The molecule has 0 radical (unpaired) electrons. The number of rotatable bonds is 5. The Balaban J connectivity index is 2.04. The van der Waals surface area contributed by atoms with Crippen molar-refractivity contribution in [3.8, 4) is 0 Å². The van der Waals surface area contributed by atoms with Gasteiger partial charge in [0.2, 0.25) is 0 Å². The molecule has 2 aromatic carbocycles. The van der Waals surface area contributed by atoms with Crippen molar-refractivity contribution in [3.63, 3.8) is 0 Å². The van der Waals surface area contributed by atoms with Crippen LogP contribution in [0.4, 0.5) is 14.5 Å². The van der Waals surface area contributed by atoms with Crippen LogP contribution in [0.1, 0.15) is 22.8 Å². The van der Waals surface area contributed by atoms with E-state index in [4.69, 9.17) is 0 Å². The molecule has 0 saturated heterocycles. The number of benzene rings is 2. The molecule has 0 spiro atoms. The van der Waals surface area contributed by atoms with Crippen molar-refractivity contribution in [1.82, 2.24) is 5.32 Å². The first-order valence-electron chi connectivity index (χ1n) is 6.66. The van der Waals surface area contributed by atoms with Gasteiger partial charge in [-0.3, -0.25) is 4.79 Å². The third-order valence-electron chi connectivity index (χ3n) is 2.94. The number of anilines is 1. The Labute approximate surface area is 122 Å². The van der Waals surface area contributed by atoms with Crippen LogP contribution in [-0.4, -0.2) is 12.5 Å². The number of halogens is 2. The fourth-order valence-corrected chi connectivity index (χ4v) is 1.89. The van der Waals surface area contributed by atoms with Crippen LogP contribution in [0.15, 0.2) is 42.5 Å². The molecule has 1 amide bonds. The SMILES string of the molecule is CCNC(=O)c1cccc(NCc2ccc(F)c(F)c2)c1. The Kier molecular flexibility index (Phi) is 4.87. The number of nitrogens with one attached hydrogen (secondary N) is 2. The van der Waals surface area contributed by atoms with Crippen LogP contribution >= 0.6 is 0 Å². The summed E-state index contributed by atoms with van der Waals surface area (Å²) in [4.78, 5) is 11.7. The van der Waals surface area contributed by atoms with E-state index in [1.807, 2.05) is 13.0 Å². The zero-order valence-electron chi connectivity index (χ0n) is 11.6.